The average molecular weight is 478 g/mol. The van der Waals surface area contributed by atoms with Crippen LogP contribution in [0.3, 0.4) is 0 Å². The Labute approximate surface area is 193 Å². The molecule has 0 saturated carbocycles. The predicted molar refractivity (Wildman–Crippen MR) is 120 cm³/mol. The number of anilines is 1. The summed E-state index contributed by atoms with van der Waals surface area (Å²) in [5, 5.41) is 13.3. The number of hydrogen-bond acceptors (Lipinski definition) is 7. The molecule has 9 nitrogen and oxygen atoms in total. The molecule has 168 valence electrons. The van der Waals surface area contributed by atoms with E-state index in [0.29, 0.717) is 40.8 Å². The van der Waals surface area contributed by atoms with Gasteiger partial charge in [-0.1, -0.05) is 23.2 Å². The Hall–Kier alpha value is -2.88. The number of carbonyl (C=O) groups excluding carboxylic acids is 2. The lowest BCUT2D eigenvalue weighted by Crippen LogP contribution is -2.64. The molecule has 1 aliphatic heterocycles. The third-order valence-electron chi connectivity index (χ3n) is 5.53. The van der Waals surface area contributed by atoms with Crippen molar-refractivity contribution in [3.05, 3.63) is 47.0 Å². The zero-order chi connectivity index (χ0) is 22.9. The smallest absolute Gasteiger partial charge is 0.333 e. The Morgan fingerprint density at radius 1 is 1.34 bits per heavy atom. The molecule has 1 saturated heterocycles. The highest BCUT2D eigenvalue weighted by atomic mass is 35.5. The number of halogens is 2. The number of amides is 1. The van der Waals surface area contributed by atoms with Gasteiger partial charge in [-0.25, -0.2) is 14.8 Å². The Morgan fingerprint density at radius 3 is 2.84 bits per heavy atom. The minimum Gasteiger partial charge on any atom is -0.467 e. The molecule has 11 heteroatoms. The average Bonchev–Trinajstić information content (AvgIpc) is 3.35. The van der Waals surface area contributed by atoms with Crippen molar-refractivity contribution in [3.63, 3.8) is 0 Å². The molecule has 1 aliphatic rings. The first kappa shape index (κ1) is 22.3. The minimum atomic E-state index is -1.31. The van der Waals surface area contributed by atoms with Crippen molar-refractivity contribution < 1.29 is 19.4 Å². The number of esters is 1. The van der Waals surface area contributed by atoms with Gasteiger partial charge in [-0.15, -0.1) is 0 Å². The SMILES string of the molecule is COC(=O)C1(NC(=O)CO)CCCN(c2cc(-n3ccnc3)c3ccc(Cl)c(Cl)c3n2)C1. The van der Waals surface area contributed by atoms with Crippen molar-refractivity contribution >= 4 is 51.8 Å². The van der Waals surface area contributed by atoms with E-state index < -0.39 is 24.0 Å². The van der Waals surface area contributed by atoms with Gasteiger partial charge in [0, 0.05) is 30.4 Å². The van der Waals surface area contributed by atoms with E-state index in [0.717, 1.165) is 11.1 Å². The summed E-state index contributed by atoms with van der Waals surface area (Å²) in [6.07, 6.45) is 6.09. The van der Waals surface area contributed by atoms with Gasteiger partial charge in [0.05, 0.1) is 41.2 Å². The summed E-state index contributed by atoms with van der Waals surface area (Å²) in [5.41, 5.74) is -0.0137. The summed E-state index contributed by atoms with van der Waals surface area (Å²) in [6, 6.07) is 5.42. The molecule has 1 fully saturated rings. The van der Waals surface area contributed by atoms with Crippen molar-refractivity contribution in [3.8, 4) is 5.69 Å². The Kier molecular flexibility index (Phi) is 6.23. The van der Waals surface area contributed by atoms with E-state index in [1.807, 2.05) is 21.6 Å². The van der Waals surface area contributed by atoms with Gasteiger partial charge < -0.3 is 24.6 Å². The van der Waals surface area contributed by atoms with E-state index in [4.69, 9.17) is 32.9 Å². The zero-order valence-corrected chi connectivity index (χ0v) is 18.7. The number of benzene rings is 1. The first-order valence-electron chi connectivity index (χ1n) is 9.91. The van der Waals surface area contributed by atoms with E-state index in [1.165, 1.54) is 7.11 Å². The number of hydrogen-bond donors (Lipinski definition) is 2. The molecular weight excluding hydrogens is 457 g/mol. The normalized spacial score (nSPS) is 18.6. The van der Waals surface area contributed by atoms with Crippen LogP contribution in [0.5, 0.6) is 0 Å². The molecule has 1 atom stereocenters. The maximum atomic E-state index is 12.7. The van der Waals surface area contributed by atoms with E-state index >= 15 is 0 Å². The number of carbonyl (C=O) groups is 2. The number of ether oxygens (including phenoxy) is 1. The third kappa shape index (κ3) is 3.99. The number of rotatable bonds is 5. The van der Waals surface area contributed by atoms with Crippen LogP contribution >= 0.6 is 23.2 Å². The first-order valence-corrected chi connectivity index (χ1v) is 10.7. The summed E-state index contributed by atoms with van der Waals surface area (Å²) < 4.78 is 6.81. The first-order chi connectivity index (χ1) is 15.4. The molecule has 32 heavy (non-hydrogen) atoms. The third-order valence-corrected chi connectivity index (χ3v) is 6.33. The number of pyridine rings is 1. The number of fused-ring (bicyclic) bond motifs is 1. The highest BCUT2D eigenvalue weighted by Crippen LogP contribution is 2.36. The lowest BCUT2D eigenvalue weighted by Gasteiger charge is -2.41. The van der Waals surface area contributed by atoms with Gasteiger partial charge in [-0.3, -0.25) is 4.79 Å². The van der Waals surface area contributed by atoms with E-state index in [2.05, 4.69) is 10.3 Å². The molecule has 0 bridgehead atoms. The summed E-state index contributed by atoms with van der Waals surface area (Å²) >= 11 is 12.7. The highest BCUT2D eigenvalue weighted by molar-refractivity contribution is 6.45. The largest absolute Gasteiger partial charge is 0.467 e. The molecular formula is C21H21Cl2N5O4. The number of nitrogens with zero attached hydrogens (tertiary/aromatic N) is 4. The fraction of sp³-hybridized carbons (Fsp3) is 0.333. The van der Waals surface area contributed by atoms with Gasteiger partial charge in [0.15, 0.2) is 5.54 Å². The highest BCUT2D eigenvalue weighted by Gasteiger charge is 2.45. The van der Waals surface area contributed by atoms with Crippen LogP contribution in [0.2, 0.25) is 10.0 Å². The second-order valence-corrected chi connectivity index (χ2v) is 8.32. The number of aliphatic hydroxyl groups excluding tert-OH is 1. The predicted octanol–water partition coefficient (Wildman–Crippen LogP) is 2.35. The molecule has 3 aromatic rings. The monoisotopic (exact) mass is 477 g/mol. The fourth-order valence-electron chi connectivity index (χ4n) is 4.05. The second kappa shape index (κ2) is 8.93. The molecule has 2 aromatic heterocycles. The Balaban J connectivity index is 1.82. The van der Waals surface area contributed by atoms with Crippen LogP contribution in [0.1, 0.15) is 12.8 Å². The fourth-order valence-corrected chi connectivity index (χ4v) is 4.41. The Morgan fingerprint density at radius 2 is 2.16 bits per heavy atom. The van der Waals surface area contributed by atoms with Gasteiger partial charge in [0.25, 0.3) is 0 Å². The second-order valence-electron chi connectivity index (χ2n) is 7.53. The molecule has 1 aromatic carbocycles. The molecule has 0 aliphatic carbocycles. The van der Waals surface area contributed by atoms with Crippen LogP contribution < -0.4 is 10.2 Å². The minimum absolute atomic E-state index is 0.117. The molecule has 1 amide bonds. The van der Waals surface area contributed by atoms with Crippen molar-refractivity contribution in [2.24, 2.45) is 0 Å². The van der Waals surface area contributed by atoms with Gasteiger partial charge in [0.2, 0.25) is 5.91 Å². The summed E-state index contributed by atoms with van der Waals surface area (Å²) in [5.74, 6) is -0.685. The summed E-state index contributed by atoms with van der Waals surface area (Å²) in [6.45, 7) is -0.0227. The van der Waals surface area contributed by atoms with Crippen LogP contribution in [-0.4, -0.2) is 63.9 Å². The number of aromatic nitrogens is 3. The molecule has 4 rings (SSSR count). The van der Waals surface area contributed by atoms with Gasteiger partial charge in [-0.05, 0) is 25.0 Å². The van der Waals surface area contributed by atoms with E-state index in [1.54, 1.807) is 24.8 Å². The number of piperidine rings is 1. The standard InChI is InChI=1S/C21H21Cl2N5O4/c1-32-20(31)21(26-17(30)10-29)5-2-7-27(11-21)16-9-15(28-8-6-24-12-28)13-3-4-14(22)18(23)19(13)25-16/h3-4,6,8-9,12,29H,2,5,7,10-11H2,1H3,(H,26,30). The lowest BCUT2D eigenvalue weighted by molar-refractivity contribution is -0.151. The van der Waals surface area contributed by atoms with Gasteiger partial charge in [-0.2, -0.15) is 0 Å². The maximum absolute atomic E-state index is 12.7. The Bertz CT molecular complexity index is 1170. The van der Waals surface area contributed by atoms with Crippen LogP contribution in [0, 0.1) is 0 Å². The number of aliphatic hydroxyl groups is 1. The van der Waals surface area contributed by atoms with Crippen LogP contribution in [0.4, 0.5) is 5.82 Å². The van der Waals surface area contributed by atoms with E-state index in [-0.39, 0.29) is 6.54 Å². The molecule has 2 N–H and O–H groups in total. The maximum Gasteiger partial charge on any atom is 0.333 e. The van der Waals surface area contributed by atoms with Crippen molar-refractivity contribution in [1.82, 2.24) is 19.9 Å². The number of imidazole rings is 1. The van der Waals surface area contributed by atoms with Gasteiger partial charge >= 0.3 is 5.97 Å². The zero-order valence-electron chi connectivity index (χ0n) is 17.2. The molecule has 3 heterocycles. The van der Waals surface area contributed by atoms with Crippen molar-refractivity contribution in [2.45, 2.75) is 18.4 Å². The quantitative estimate of drug-likeness (QED) is 0.542. The van der Waals surface area contributed by atoms with E-state index in [9.17, 15) is 14.7 Å². The van der Waals surface area contributed by atoms with Crippen molar-refractivity contribution in [2.75, 3.05) is 31.7 Å². The summed E-state index contributed by atoms with van der Waals surface area (Å²) in [4.78, 5) is 35.4. The molecule has 0 radical (unpaired) electrons. The lowest BCUT2D eigenvalue weighted by atomic mass is 9.88. The van der Waals surface area contributed by atoms with Crippen molar-refractivity contribution in [1.29, 1.82) is 0 Å². The van der Waals surface area contributed by atoms with Gasteiger partial charge in [0.1, 0.15) is 12.4 Å². The van der Waals surface area contributed by atoms with Crippen LogP contribution in [0.25, 0.3) is 16.6 Å². The number of methoxy groups -OCH3 is 1. The van der Waals surface area contributed by atoms with Crippen LogP contribution in [0.15, 0.2) is 36.9 Å². The number of nitrogens with one attached hydrogen (secondary N) is 1. The summed E-state index contributed by atoms with van der Waals surface area (Å²) in [7, 11) is 1.27. The molecule has 1 unspecified atom stereocenters. The topological polar surface area (TPSA) is 110 Å². The van der Waals surface area contributed by atoms with Crippen LogP contribution in [-0.2, 0) is 14.3 Å². The molecule has 0 spiro atoms.